The molecule has 138 valence electrons. The van der Waals surface area contributed by atoms with Gasteiger partial charge in [-0.25, -0.2) is 4.98 Å². The second-order valence-electron chi connectivity index (χ2n) is 6.33. The summed E-state index contributed by atoms with van der Waals surface area (Å²) in [6, 6.07) is 12.9. The Balaban J connectivity index is 1.66. The van der Waals surface area contributed by atoms with E-state index in [-0.39, 0.29) is 5.91 Å². The van der Waals surface area contributed by atoms with Crippen molar-refractivity contribution < 1.29 is 4.79 Å². The van der Waals surface area contributed by atoms with Crippen molar-refractivity contribution in [2.45, 2.75) is 6.92 Å². The number of rotatable bonds is 4. The summed E-state index contributed by atoms with van der Waals surface area (Å²) in [5.41, 5.74) is 4.86. The van der Waals surface area contributed by atoms with Gasteiger partial charge in [0.05, 0.1) is 17.1 Å². The first kappa shape index (κ1) is 17.5. The first-order valence-corrected chi connectivity index (χ1v) is 8.76. The van der Waals surface area contributed by atoms with Crippen molar-refractivity contribution in [2.24, 2.45) is 7.05 Å². The van der Waals surface area contributed by atoms with Crippen molar-refractivity contribution in [3.05, 3.63) is 78.5 Å². The summed E-state index contributed by atoms with van der Waals surface area (Å²) < 4.78 is 1.64. The summed E-state index contributed by atoms with van der Waals surface area (Å²) in [5.74, 6) is -0.305. The minimum atomic E-state index is -0.305. The number of aromatic nitrogens is 5. The largest absolute Gasteiger partial charge is 0.317 e. The molecule has 0 spiro atoms. The van der Waals surface area contributed by atoms with Crippen LogP contribution in [0.15, 0.2) is 67.3 Å². The molecular weight excluding hydrogens is 352 g/mol. The molecule has 0 atom stereocenters. The highest BCUT2D eigenvalue weighted by molar-refractivity contribution is 6.04. The van der Waals surface area contributed by atoms with Crippen LogP contribution in [0, 0.1) is 6.92 Å². The number of nitrogens with one attached hydrogen (secondary N) is 1. The van der Waals surface area contributed by atoms with Gasteiger partial charge in [-0.1, -0.05) is 12.1 Å². The Bertz CT molecular complexity index is 1120. The molecule has 0 unspecified atom stereocenters. The first-order valence-electron chi connectivity index (χ1n) is 8.76. The zero-order valence-electron chi connectivity index (χ0n) is 15.5. The van der Waals surface area contributed by atoms with Crippen LogP contribution in [-0.2, 0) is 7.05 Å². The van der Waals surface area contributed by atoms with Gasteiger partial charge < -0.3 is 5.32 Å². The highest BCUT2D eigenvalue weighted by Crippen LogP contribution is 2.25. The van der Waals surface area contributed by atoms with Gasteiger partial charge in [-0.3, -0.25) is 19.4 Å². The number of hydrogen-bond acceptors (Lipinski definition) is 5. The molecule has 0 saturated carbocycles. The number of carbonyl (C=O) groups excluding carboxylic acids is 1. The van der Waals surface area contributed by atoms with Crippen LogP contribution in [0.5, 0.6) is 0 Å². The Morgan fingerprint density at radius 2 is 1.82 bits per heavy atom. The fraction of sp³-hybridized carbons (Fsp3) is 0.0952. The van der Waals surface area contributed by atoms with Gasteiger partial charge in [0.15, 0.2) is 0 Å². The van der Waals surface area contributed by atoms with E-state index in [1.165, 1.54) is 0 Å². The lowest BCUT2D eigenvalue weighted by atomic mass is 10.1. The zero-order valence-corrected chi connectivity index (χ0v) is 15.5. The average molecular weight is 370 g/mol. The molecule has 1 amide bonds. The maximum absolute atomic E-state index is 12.9. The van der Waals surface area contributed by atoms with Crippen LogP contribution in [0.1, 0.15) is 16.1 Å². The molecule has 4 aromatic rings. The molecule has 7 heteroatoms. The van der Waals surface area contributed by atoms with E-state index in [9.17, 15) is 4.79 Å². The molecule has 0 aliphatic carbocycles. The summed E-state index contributed by atoms with van der Waals surface area (Å²) >= 11 is 0. The van der Waals surface area contributed by atoms with Crippen molar-refractivity contribution in [3.63, 3.8) is 0 Å². The predicted octanol–water partition coefficient (Wildman–Crippen LogP) is 3.50. The summed E-state index contributed by atoms with van der Waals surface area (Å²) in [4.78, 5) is 25.8. The van der Waals surface area contributed by atoms with Crippen LogP contribution < -0.4 is 5.32 Å². The zero-order chi connectivity index (χ0) is 19.5. The Morgan fingerprint density at radius 1 is 1.00 bits per heavy atom. The topological polar surface area (TPSA) is 85.6 Å². The van der Waals surface area contributed by atoms with Gasteiger partial charge in [-0.05, 0) is 42.8 Å². The van der Waals surface area contributed by atoms with Crippen molar-refractivity contribution >= 4 is 11.6 Å². The third-order valence-electron chi connectivity index (χ3n) is 4.27. The number of pyridine rings is 3. The molecule has 0 saturated heterocycles. The fourth-order valence-electron chi connectivity index (χ4n) is 2.92. The Morgan fingerprint density at radius 3 is 2.57 bits per heavy atom. The molecule has 4 aromatic heterocycles. The van der Waals surface area contributed by atoms with Gasteiger partial charge in [0, 0.05) is 37.4 Å². The minimum absolute atomic E-state index is 0.305. The average Bonchev–Trinajstić information content (AvgIpc) is 3.09. The molecular formula is C21H18N6O. The molecule has 4 heterocycles. The highest BCUT2D eigenvalue weighted by atomic mass is 16.1. The van der Waals surface area contributed by atoms with Gasteiger partial charge in [0.2, 0.25) is 0 Å². The SMILES string of the molecule is Cc1ccc(C(=O)Nc2cn(C)nc2-c2ccccn2)nc1-c1ccncc1. The lowest BCUT2D eigenvalue weighted by Gasteiger charge is -2.09. The molecule has 7 nitrogen and oxygen atoms in total. The maximum Gasteiger partial charge on any atom is 0.274 e. The van der Waals surface area contributed by atoms with Crippen molar-refractivity contribution in [1.82, 2.24) is 24.7 Å². The molecule has 0 aliphatic heterocycles. The molecule has 28 heavy (non-hydrogen) atoms. The summed E-state index contributed by atoms with van der Waals surface area (Å²) in [5, 5.41) is 7.33. The normalized spacial score (nSPS) is 10.6. The Labute approximate surface area is 162 Å². The van der Waals surface area contributed by atoms with Crippen LogP contribution in [0.25, 0.3) is 22.6 Å². The highest BCUT2D eigenvalue weighted by Gasteiger charge is 2.17. The lowest BCUT2D eigenvalue weighted by molar-refractivity contribution is 0.102. The molecule has 0 radical (unpaired) electrons. The molecule has 0 fully saturated rings. The summed E-state index contributed by atoms with van der Waals surface area (Å²) in [7, 11) is 1.80. The van der Waals surface area contributed by atoms with Gasteiger partial charge >= 0.3 is 0 Å². The van der Waals surface area contributed by atoms with Gasteiger partial charge in [0.25, 0.3) is 5.91 Å². The molecule has 4 rings (SSSR count). The number of carbonyl (C=O) groups is 1. The third-order valence-corrected chi connectivity index (χ3v) is 4.27. The second kappa shape index (κ2) is 7.40. The smallest absolute Gasteiger partial charge is 0.274 e. The number of amides is 1. The monoisotopic (exact) mass is 370 g/mol. The van der Waals surface area contributed by atoms with E-state index in [1.54, 1.807) is 42.6 Å². The van der Waals surface area contributed by atoms with Crippen LogP contribution in [-0.4, -0.2) is 30.6 Å². The Kier molecular flexibility index (Phi) is 4.63. The van der Waals surface area contributed by atoms with Crippen LogP contribution in [0.2, 0.25) is 0 Å². The van der Waals surface area contributed by atoms with Crippen LogP contribution in [0.3, 0.4) is 0 Å². The Hall–Kier alpha value is -3.87. The fourth-order valence-corrected chi connectivity index (χ4v) is 2.92. The number of aryl methyl sites for hydroxylation is 2. The molecule has 0 bridgehead atoms. The minimum Gasteiger partial charge on any atom is -0.317 e. The van der Waals surface area contributed by atoms with E-state index in [1.807, 2.05) is 43.3 Å². The van der Waals surface area contributed by atoms with E-state index in [2.05, 4.69) is 25.4 Å². The molecule has 0 aromatic carbocycles. The number of anilines is 1. The predicted molar refractivity (Wildman–Crippen MR) is 107 cm³/mol. The number of nitrogens with zero attached hydrogens (tertiary/aromatic N) is 5. The quantitative estimate of drug-likeness (QED) is 0.594. The third kappa shape index (κ3) is 3.50. The van der Waals surface area contributed by atoms with E-state index in [0.29, 0.717) is 22.8 Å². The molecule has 0 aliphatic rings. The molecule has 1 N–H and O–H groups in total. The van der Waals surface area contributed by atoms with E-state index in [0.717, 1.165) is 16.8 Å². The van der Waals surface area contributed by atoms with Crippen LogP contribution >= 0.6 is 0 Å². The summed E-state index contributed by atoms with van der Waals surface area (Å²) in [6.45, 7) is 1.96. The van der Waals surface area contributed by atoms with Gasteiger partial charge in [0.1, 0.15) is 11.4 Å². The van der Waals surface area contributed by atoms with E-state index < -0.39 is 0 Å². The van der Waals surface area contributed by atoms with Crippen molar-refractivity contribution in [2.75, 3.05) is 5.32 Å². The van der Waals surface area contributed by atoms with Crippen LogP contribution in [0.4, 0.5) is 5.69 Å². The van der Waals surface area contributed by atoms with Gasteiger partial charge in [-0.15, -0.1) is 0 Å². The standard InChI is InChI=1S/C21H18N6O/c1-14-6-7-17(24-19(14)15-8-11-22-12-9-15)21(28)25-18-13-27(2)26-20(18)16-5-3-4-10-23-16/h3-13H,1-2H3,(H,25,28). The lowest BCUT2D eigenvalue weighted by Crippen LogP contribution is -2.14. The first-order chi connectivity index (χ1) is 13.6. The van der Waals surface area contributed by atoms with E-state index in [4.69, 9.17) is 0 Å². The van der Waals surface area contributed by atoms with Crippen molar-refractivity contribution in [1.29, 1.82) is 0 Å². The number of hydrogen-bond donors (Lipinski definition) is 1. The summed E-state index contributed by atoms with van der Waals surface area (Å²) in [6.07, 6.45) is 6.86. The van der Waals surface area contributed by atoms with E-state index >= 15 is 0 Å². The second-order valence-corrected chi connectivity index (χ2v) is 6.33. The maximum atomic E-state index is 12.9. The van der Waals surface area contributed by atoms with Gasteiger partial charge in [-0.2, -0.15) is 5.10 Å². The van der Waals surface area contributed by atoms with Crippen molar-refractivity contribution in [3.8, 4) is 22.6 Å².